The molecule has 282 valence electrons. The van der Waals surface area contributed by atoms with Gasteiger partial charge in [-0.15, -0.1) is 0 Å². The second kappa shape index (κ2) is 16.3. The van der Waals surface area contributed by atoms with E-state index in [-0.39, 0.29) is 0 Å². The molecule has 0 bridgehead atoms. The second-order valence-electron chi connectivity index (χ2n) is 14.2. The van der Waals surface area contributed by atoms with Crippen molar-refractivity contribution in [3.63, 3.8) is 0 Å². The third kappa shape index (κ3) is 7.71. The zero-order valence-electron chi connectivity index (χ0n) is 32.3. The second-order valence-corrected chi connectivity index (χ2v) is 14.2. The van der Waals surface area contributed by atoms with Crippen LogP contribution in [0.3, 0.4) is 0 Å². The summed E-state index contributed by atoms with van der Waals surface area (Å²) >= 11 is 0. The Hall–Kier alpha value is -8.29. The van der Waals surface area contributed by atoms with Crippen LogP contribution < -0.4 is 0 Å². The van der Waals surface area contributed by atoms with Crippen LogP contribution in [0.2, 0.25) is 0 Å². The first-order valence-electron chi connectivity index (χ1n) is 19.7. The molecule has 0 unspecified atom stereocenters. The van der Waals surface area contributed by atoms with Gasteiger partial charge in [0.1, 0.15) is 0 Å². The predicted molar refractivity (Wildman–Crippen MR) is 240 cm³/mol. The average molecular weight is 770 g/mol. The third-order valence-corrected chi connectivity index (χ3v) is 10.3. The van der Waals surface area contributed by atoms with Crippen molar-refractivity contribution in [2.24, 2.45) is 0 Å². The molecule has 0 saturated carbocycles. The Balaban J connectivity index is 1.07. The van der Waals surface area contributed by atoms with Crippen LogP contribution in [0, 0.1) is 0 Å². The molecular formula is C53H35N7. The largest absolute Gasteiger partial charge is 0.255 e. The van der Waals surface area contributed by atoms with E-state index >= 15 is 0 Å². The van der Waals surface area contributed by atoms with E-state index in [1.807, 2.05) is 109 Å². The molecule has 7 nitrogen and oxygen atoms in total. The molecule has 0 fully saturated rings. The van der Waals surface area contributed by atoms with Crippen LogP contribution in [0.5, 0.6) is 0 Å². The van der Waals surface area contributed by atoms with Gasteiger partial charge >= 0.3 is 0 Å². The zero-order chi connectivity index (χ0) is 40.1. The van der Waals surface area contributed by atoms with Gasteiger partial charge in [0.2, 0.25) is 0 Å². The average Bonchev–Trinajstić information content (AvgIpc) is 3.35. The van der Waals surface area contributed by atoms with Gasteiger partial charge in [-0.1, -0.05) is 91.0 Å². The highest BCUT2D eigenvalue weighted by molar-refractivity contribution is 5.82. The fourth-order valence-electron chi connectivity index (χ4n) is 7.28. The summed E-state index contributed by atoms with van der Waals surface area (Å²) in [4.78, 5) is 33.9. The summed E-state index contributed by atoms with van der Waals surface area (Å²) in [6.07, 6.45) is 5.37. The quantitative estimate of drug-likeness (QED) is 0.144. The van der Waals surface area contributed by atoms with Crippen LogP contribution >= 0.6 is 0 Å². The van der Waals surface area contributed by atoms with Crippen molar-refractivity contribution >= 4 is 0 Å². The Morgan fingerprint density at radius 3 is 0.833 bits per heavy atom. The summed E-state index contributed by atoms with van der Waals surface area (Å²) in [6, 6.07) is 65.5. The number of rotatable bonds is 9. The number of pyridine rings is 7. The van der Waals surface area contributed by atoms with Gasteiger partial charge in [0.15, 0.2) is 0 Å². The number of hydrogen-bond acceptors (Lipinski definition) is 7. The molecule has 0 aliphatic heterocycles. The summed E-state index contributed by atoms with van der Waals surface area (Å²) in [6.45, 7) is 0. The number of hydrogen-bond donors (Lipinski definition) is 0. The van der Waals surface area contributed by atoms with Crippen LogP contribution in [0.25, 0.3) is 102 Å². The molecule has 7 heteroatoms. The molecule has 0 amide bonds. The Kier molecular flexibility index (Phi) is 9.79. The van der Waals surface area contributed by atoms with E-state index in [0.29, 0.717) is 0 Å². The molecule has 0 atom stereocenters. The summed E-state index contributed by atoms with van der Waals surface area (Å²) in [5.74, 6) is 0. The molecule has 0 radical (unpaired) electrons. The SMILES string of the molecule is c1ccc(-c2cccc(-c3cccc(-c4cc(-c5cccc(-c6cccc(-c7ccccn7)n6)c5)nc(-c5cccc(-c6cccc(-c7ccccn7)n6)c5)c4)c3)n2)nc1. The molecule has 0 spiro atoms. The zero-order valence-corrected chi connectivity index (χ0v) is 32.3. The van der Waals surface area contributed by atoms with Crippen LogP contribution in [-0.4, -0.2) is 34.9 Å². The fourth-order valence-corrected chi connectivity index (χ4v) is 7.28. The van der Waals surface area contributed by atoms with E-state index in [1.54, 1.807) is 18.6 Å². The van der Waals surface area contributed by atoms with Gasteiger partial charge in [0.05, 0.1) is 62.6 Å². The summed E-state index contributed by atoms with van der Waals surface area (Å²) in [7, 11) is 0. The van der Waals surface area contributed by atoms with Crippen LogP contribution in [0.1, 0.15) is 0 Å². The van der Waals surface area contributed by atoms with Gasteiger partial charge in [-0.2, -0.15) is 0 Å². The van der Waals surface area contributed by atoms with E-state index in [2.05, 4.69) is 99.9 Å². The van der Waals surface area contributed by atoms with Crippen molar-refractivity contribution in [2.75, 3.05) is 0 Å². The lowest BCUT2D eigenvalue weighted by atomic mass is 9.96. The Labute approximate surface area is 347 Å². The van der Waals surface area contributed by atoms with Crippen LogP contribution in [0.4, 0.5) is 0 Å². The maximum absolute atomic E-state index is 5.34. The summed E-state index contributed by atoms with van der Waals surface area (Å²) in [5.41, 5.74) is 16.2. The van der Waals surface area contributed by atoms with Crippen molar-refractivity contribution in [1.29, 1.82) is 0 Å². The van der Waals surface area contributed by atoms with E-state index in [1.165, 1.54) is 0 Å². The molecule has 7 aromatic heterocycles. The van der Waals surface area contributed by atoms with Crippen molar-refractivity contribution in [2.45, 2.75) is 0 Å². The van der Waals surface area contributed by atoms with Crippen molar-refractivity contribution in [1.82, 2.24) is 34.9 Å². The van der Waals surface area contributed by atoms with Gasteiger partial charge in [0.25, 0.3) is 0 Å². The minimum absolute atomic E-state index is 0.820. The minimum atomic E-state index is 0.820. The van der Waals surface area contributed by atoms with E-state index in [0.717, 1.165) is 102 Å². The van der Waals surface area contributed by atoms with Gasteiger partial charge in [0, 0.05) is 46.4 Å². The lowest BCUT2D eigenvalue weighted by Crippen LogP contribution is -1.94. The normalized spacial score (nSPS) is 11.0. The topological polar surface area (TPSA) is 90.2 Å². The molecule has 7 heterocycles. The van der Waals surface area contributed by atoms with Gasteiger partial charge in [-0.05, 0) is 114 Å². The van der Waals surface area contributed by atoms with E-state index in [4.69, 9.17) is 19.9 Å². The smallest absolute Gasteiger partial charge is 0.0893 e. The molecule has 10 rings (SSSR count). The molecule has 0 saturated heterocycles. The molecule has 3 aromatic carbocycles. The highest BCUT2D eigenvalue weighted by atomic mass is 14.8. The lowest BCUT2D eigenvalue weighted by molar-refractivity contribution is 1.25. The molecular weight excluding hydrogens is 735 g/mol. The van der Waals surface area contributed by atoms with E-state index in [9.17, 15) is 0 Å². The molecule has 10 aromatic rings. The van der Waals surface area contributed by atoms with Crippen molar-refractivity contribution < 1.29 is 0 Å². The van der Waals surface area contributed by atoms with Crippen LogP contribution in [0.15, 0.2) is 213 Å². The molecule has 60 heavy (non-hydrogen) atoms. The highest BCUT2D eigenvalue weighted by Gasteiger charge is 2.14. The van der Waals surface area contributed by atoms with E-state index < -0.39 is 0 Å². The highest BCUT2D eigenvalue weighted by Crippen LogP contribution is 2.35. The standard InChI is InChI=1S/C53H35N7/c1-4-28-54-46(19-1)49-25-10-22-43(57-49)37-14-7-13-36(31-37)42-34-52(40-17-8-15-38(32-40)44-23-11-26-50(58-44)47-20-2-5-29-55-47)60-53(35-42)41-18-9-16-39(33-41)45-24-12-27-51(59-45)48-21-3-6-30-56-48/h1-35H. The number of aromatic nitrogens is 7. The molecule has 0 N–H and O–H groups in total. The van der Waals surface area contributed by atoms with Gasteiger partial charge in [-0.25, -0.2) is 19.9 Å². The van der Waals surface area contributed by atoms with Crippen molar-refractivity contribution in [3.8, 4) is 102 Å². The first kappa shape index (κ1) is 36.1. The maximum atomic E-state index is 5.34. The number of nitrogens with zero attached hydrogens (tertiary/aromatic N) is 7. The Morgan fingerprint density at radius 2 is 0.467 bits per heavy atom. The first-order valence-corrected chi connectivity index (χ1v) is 19.7. The van der Waals surface area contributed by atoms with Crippen LogP contribution in [-0.2, 0) is 0 Å². The molecule has 0 aliphatic carbocycles. The fraction of sp³-hybridized carbons (Fsp3) is 0. The molecule has 0 aliphatic rings. The Bertz CT molecular complexity index is 2750. The lowest BCUT2D eigenvalue weighted by Gasteiger charge is -2.13. The number of benzene rings is 3. The Morgan fingerprint density at radius 1 is 0.183 bits per heavy atom. The van der Waals surface area contributed by atoms with Gasteiger partial charge < -0.3 is 0 Å². The van der Waals surface area contributed by atoms with Gasteiger partial charge in [-0.3, -0.25) is 15.0 Å². The third-order valence-electron chi connectivity index (χ3n) is 10.3. The summed E-state index contributed by atoms with van der Waals surface area (Å²) in [5, 5.41) is 0. The predicted octanol–water partition coefficient (Wildman–Crippen LogP) is 12.5. The first-order chi connectivity index (χ1) is 29.7. The monoisotopic (exact) mass is 769 g/mol. The summed E-state index contributed by atoms with van der Waals surface area (Å²) < 4.78 is 0. The maximum Gasteiger partial charge on any atom is 0.0893 e. The minimum Gasteiger partial charge on any atom is -0.255 e. The van der Waals surface area contributed by atoms with Crippen molar-refractivity contribution in [3.05, 3.63) is 213 Å².